The van der Waals surface area contributed by atoms with Gasteiger partial charge in [-0.05, 0) is 82.4 Å². The van der Waals surface area contributed by atoms with Crippen molar-refractivity contribution in [2.24, 2.45) is 0 Å². The van der Waals surface area contributed by atoms with Crippen LogP contribution in [0.2, 0.25) is 0 Å². The summed E-state index contributed by atoms with van der Waals surface area (Å²) in [5.41, 5.74) is 0.712. The maximum absolute atomic E-state index is 14.9. The van der Waals surface area contributed by atoms with Gasteiger partial charge in [-0.3, -0.25) is 9.71 Å². The molecular weight excluding hydrogens is 592 g/mol. The molecule has 6 nitrogen and oxygen atoms in total. The first-order valence-electron chi connectivity index (χ1n) is 11.1. The fraction of sp³-hybridized carbons (Fsp3) is 0.192. The van der Waals surface area contributed by atoms with Crippen molar-refractivity contribution < 1.29 is 35.5 Å². The summed E-state index contributed by atoms with van der Waals surface area (Å²) >= 11 is 2.95. The fourth-order valence-electron chi connectivity index (χ4n) is 3.91. The maximum atomic E-state index is 14.9. The molecule has 1 N–H and O–H groups in total. The average molecular weight is 613 g/mol. The number of sulfonamides is 1. The van der Waals surface area contributed by atoms with Gasteiger partial charge in [0.2, 0.25) is 0 Å². The van der Waals surface area contributed by atoms with Crippen molar-refractivity contribution >= 4 is 42.5 Å². The second kappa shape index (κ2) is 10.8. The minimum atomic E-state index is -4.74. The molecule has 0 aliphatic heterocycles. The Morgan fingerprint density at radius 1 is 0.947 bits per heavy atom. The van der Waals surface area contributed by atoms with Crippen molar-refractivity contribution in [1.82, 2.24) is 4.98 Å². The Hall–Kier alpha value is -3.38. The van der Waals surface area contributed by atoms with Crippen LogP contribution in [0, 0.1) is 5.82 Å². The molecule has 12 heteroatoms. The van der Waals surface area contributed by atoms with Gasteiger partial charge >= 0.3 is 6.18 Å². The molecule has 0 saturated heterocycles. The number of nitrogens with one attached hydrogen (secondary N) is 1. The van der Waals surface area contributed by atoms with Crippen LogP contribution in [0.25, 0.3) is 10.9 Å². The Kier molecular flexibility index (Phi) is 7.84. The molecule has 200 valence electrons. The standard InChI is InChI=1S/C26H21BrF4N2O4S/c1-36-23-13-18-16(9-10-32-22(18)14-24(23)37-2)5-3-15-4-8-21(20(28)11-15)33-38(34,35)25-12-17(26(29,30)31)6-7-19(25)27/h4,6-14,33H,3,5H2,1-2H3. The second-order valence-electron chi connectivity index (χ2n) is 8.26. The first kappa shape index (κ1) is 27.6. The molecule has 4 rings (SSSR count). The van der Waals surface area contributed by atoms with Crippen molar-refractivity contribution in [3.05, 3.63) is 87.8 Å². The van der Waals surface area contributed by atoms with Gasteiger partial charge < -0.3 is 9.47 Å². The van der Waals surface area contributed by atoms with E-state index >= 15 is 0 Å². The van der Waals surface area contributed by atoms with E-state index in [1.165, 1.54) is 26.4 Å². The summed E-state index contributed by atoms with van der Waals surface area (Å²) in [7, 11) is -1.46. The van der Waals surface area contributed by atoms with Crippen LogP contribution in [0.5, 0.6) is 11.5 Å². The summed E-state index contributed by atoms with van der Waals surface area (Å²) in [5.74, 6) is 0.228. The van der Waals surface area contributed by atoms with Crippen molar-refractivity contribution in [2.45, 2.75) is 23.9 Å². The van der Waals surface area contributed by atoms with Crippen molar-refractivity contribution in [3.8, 4) is 11.5 Å². The zero-order chi connectivity index (χ0) is 27.7. The number of rotatable bonds is 8. The molecule has 0 unspecified atom stereocenters. The second-order valence-corrected chi connectivity index (χ2v) is 10.8. The zero-order valence-corrected chi connectivity index (χ0v) is 22.5. The van der Waals surface area contributed by atoms with E-state index in [1.807, 2.05) is 16.9 Å². The Bertz CT molecular complexity index is 1610. The van der Waals surface area contributed by atoms with Gasteiger partial charge in [0.1, 0.15) is 10.7 Å². The van der Waals surface area contributed by atoms with Crippen LogP contribution < -0.4 is 14.2 Å². The number of halogens is 5. The third-order valence-electron chi connectivity index (χ3n) is 5.85. The summed E-state index contributed by atoms with van der Waals surface area (Å²) in [6.07, 6.45) is -2.13. The van der Waals surface area contributed by atoms with E-state index < -0.39 is 32.5 Å². The highest BCUT2D eigenvalue weighted by Crippen LogP contribution is 2.35. The van der Waals surface area contributed by atoms with Gasteiger partial charge in [-0.1, -0.05) is 6.07 Å². The molecule has 38 heavy (non-hydrogen) atoms. The van der Waals surface area contributed by atoms with Gasteiger partial charge in [-0.15, -0.1) is 0 Å². The van der Waals surface area contributed by atoms with Crippen LogP contribution in [0.1, 0.15) is 16.7 Å². The average Bonchev–Trinajstić information content (AvgIpc) is 2.87. The molecule has 4 aromatic rings. The van der Waals surface area contributed by atoms with Gasteiger partial charge in [0, 0.05) is 22.1 Å². The summed E-state index contributed by atoms with van der Waals surface area (Å²) in [4.78, 5) is 3.70. The molecule has 1 aromatic heterocycles. The van der Waals surface area contributed by atoms with Gasteiger partial charge in [0.15, 0.2) is 11.5 Å². The molecule has 0 amide bonds. The third kappa shape index (κ3) is 5.86. The highest BCUT2D eigenvalue weighted by Gasteiger charge is 2.33. The smallest absolute Gasteiger partial charge is 0.416 e. The summed E-state index contributed by atoms with van der Waals surface area (Å²) in [5, 5.41) is 0.849. The molecule has 0 aliphatic carbocycles. The van der Waals surface area contributed by atoms with Crippen LogP contribution in [0.15, 0.2) is 70.2 Å². The minimum absolute atomic E-state index is 0.0890. The molecular formula is C26H21BrF4N2O4S. The van der Waals surface area contributed by atoms with E-state index in [9.17, 15) is 26.0 Å². The molecule has 0 fully saturated rings. The van der Waals surface area contributed by atoms with Crippen LogP contribution >= 0.6 is 15.9 Å². The van der Waals surface area contributed by atoms with E-state index in [4.69, 9.17) is 9.47 Å². The van der Waals surface area contributed by atoms with Crippen LogP contribution in [0.4, 0.5) is 23.2 Å². The van der Waals surface area contributed by atoms with Gasteiger partial charge in [0.05, 0.1) is 31.0 Å². The monoisotopic (exact) mass is 612 g/mol. The number of pyridine rings is 1. The van der Waals surface area contributed by atoms with Crippen molar-refractivity contribution in [2.75, 3.05) is 18.9 Å². The lowest BCUT2D eigenvalue weighted by Crippen LogP contribution is -2.16. The Morgan fingerprint density at radius 3 is 2.32 bits per heavy atom. The molecule has 0 saturated carbocycles. The predicted molar refractivity (Wildman–Crippen MR) is 139 cm³/mol. The number of aryl methyl sites for hydroxylation is 2. The topological polar surface area (TPSA) is 77.5 Å². The van der Waals surface area contributed by atoms with Crippen LogP contribution in [-0.4, -0.2) is 27.6 Å². The number of fused-ring (bicyclic) bond motifs is 1. The SMILES string of the molecule is COc1cc2nccc(CCc3ccc(NS(=O)(=O)c4cc(C(F)(F)F)ccc4Br)c(F)c3)c2cc1OC. The first-order valence-corrected chi connectivity index (χ1v) is 13.4. The number of hydrogen-bond acceptors (Lipinski definition) is 5. The molecule has 0 bridgehead atoms. The molecule has 0 spiro atoms. The highest BCUT2D eigenvalue weighted by atomic mass is 79.9. The number of benzene rings is 3. The lowest BCUT2D eigenvalue weighted by Gasteiger charge is -2.14. The molecule has 0 aliphatic rings. The normalized spacial score (nSPS) is 12.0. The number of aromatic nitrogens is 1. The lowest BCUT2D eigenvalue weighted by atomic mass is 10.0. The number of nitrogens with zero attached hydrogens (tertiary/aromatic N) is 1. The lowest BCUT2D eigenvalue weighted by molar-refractivity contribution is -0.137. The summed E-state index contributed by atoms with van der Waals surface area (Å²) < 4.78 is 92.3. The number of ether oxygens (including phenoxy) is 2. The molecule has 0 atom stereocenters. The van der Waals surface area contributed by atoms with Crippen molar-refractivity contribution in [1.29, 1.82) is 0 Å². The summed E-state index contributed by atoms with van der Waals surface area (Å²) in [6, 6.07) is 11.6. The molecule has 1 heterocycles. The largest absolute Gasteiger partial charge is 0.493 e. The number of alkyl halides is 3. The van der Waals surface area contributed by atoms with Gasteiger partial charge in [-0.2, -0.15) is 13.2 Å². The number of anilines is 1. The Morgan fingerprint density at radius 2 is 1.66 bits per heavy atom. The van der Waals surface area contributed by atoms with E-state index in [2.05, 4.69) is 20.9 Å². The van der Waals surface area contributed by atoms with Crippen molar-refractivity contribution in [3.63, 3.8) is 0 Å². The number of methoxy groups -OCH3 is 2. The first-order chi connectivity index (χ1) is 17.9. The highest BCUT2D eigenvalue weighted by molar-refractivity contribution is 9.10. The summed E-state index contributed by atoms with van der Waals surface area (Å²) in [6.45, 7) is 0. The molecule has 0 radical (unpaired) electrons. The van der Waals surface area contributed by atoms with Gasteiger partial charge in [0.25, 0.3) is 10.0 Å². The van der Waals surface area contributed by atoms with Crippen LogP contribution in [0.3, 0.4) is 0 Å². The zero-order valence-electron chi connectivity index (χ0n) is 20.1. The quantitative estimate of drug-likeness (QED) is 0.223. The third-order valence-corrected chi connectivity index (χ3v) is 8.21. The Balaban J connectivity index is 1.55. The minimum Gasteiger partial charge on any atom is -0.493 e. The van der Waals surface area contributed by atoms with Crippen LogP contribution in [-0.2, 0) is 29.0 Å². The van der Waals surface area contributed by atoms with E-state index in [-0.39, 0.29) is 10.2 Å². The van der Waals surface area contributed by atoms with E-state index in [0.29, 0.717) is 41.5 Å². The molecule has 3 aromatic carbocycles. The van der Waals surface area contributed by atoms with E-state index in [0.717, 1.165) is 23.1 Å². The maximum Gasteiger partial charge on any atom is 0.416 e. The Labute approximate surface area is 224 Å². The predicted octanol–water partition coefficient (Wildman–Crippen LogP) is 6.76. The van der Waals surface area contributed by atoms with E-state index in [1.54, 1.807) is 18.3 Å². The van der Waals surface area contributed by atoms with Gasteiger partial charge in [-0.25, -0.2) is 12.8 Å². The fourth-order valence-corrected chi connectivity index (χ4v) is 5.97. The number of hydrogen-bond donors (Lipinski definition) is 1.